The van der Waals surface area contributed by atoms with Crippen LogP contribution in [-0.4, -0.2) is 6.04 Å². The summed E-state index contributed by atoms with van der Waals surface area (Å²) in [5.41, 5.74) is 6.42. The van der Waals surface area contributed by atoms with Gasteiger partial charge in [0.15, 0.2) is 0 Å². The molecule has 14 heavy (non-hydrogen) atoms. The molecule has 2 aliphatic carbocycles. The molecule has 2 saturated carbocycles. The van der Waals surface area contributed by atoms with Crippen molar-refractivity contribution in [2.24, 2.45) is 17.6 Å². The van der Waals surface area contributed by atoms with Gasteiger partial charge in [0.2, 0.25) is 0 Å². The Kier molecular flexibility index (Phi) is 3.86. The summed E-state index contributed by atoms with van der Waals surface area (Å²) in [6, 6.07) is 0.538. The molecule has 1 atom stereocenters. The van der Waals surface area contributed by atoms with Gasteiger partial charge in [-0.1, -0.05) is 38.5 Å². The first-order valence-corrected chi connectivity index (χ1v) is 6.63. The van der Waals surface area contributed by atoms with Gasteiger partial charge >= 0.3 is 0 Å². The van der Waals surface area contributed by atoms with E-state index in [2.05, 4.69) is 0 Å². The molecular weight excluding hydrogens is 170 g/mol. The fraction of sp³-hybridized carbons (Fsp3) is 1.00. The molecule has 0 bridgehead atoms. The summed E-state index contributed by atoms with van der Waals surface area (Å²) in [4.78, 5) is 0. The molecule has 0 aliphatic heterocycles. The van der Waals surface area contributed by atoms with Crippen molar-refractivity contribution in [3.8, 4) is 0 Å². The Morgan fingerprint density at radius 2 is 1.00 bits per heavy atom. The van der Waals surface area contributed by atoms with Crippen LogP contribution in [0.15, 0.2) is 0 Å². The summed E-state index contributed by atoms with van der Waals surface area (Å²) in [5.74, 6) is 1.73. The SMILES string of the molecule is NC(C1CCCCCC1)C1CCCC1. The summed E-state index contributed by atoms with van der Waals surface area (Å²) in [6.07, 6.45) is 14.3. The van der Waals surface area contributed by atoms with Crippen molar-refractivity contribution in [3.63, 3.8) is 0 Å². The largest absolute Gasteiger partial charge is 0.327 e. The van der Waals surface area contributed by atoms with Gasteiger partial charge in [-0.05, 0) is 37.5 Å². The van der Waals surface area contributed by atoms with Crippen molar-refractivity contribution in [3.05, 3.63) is 0 Å². The molecule has 2 N–H and O–H groups in total. The lowest BCUT2D eigenvalue weighted by atomic mass is 9.83. The molecule has 0 aromatic rings. The van der Waals surface area contributed by atoms with E-state index in [9.17, 15) is 0 Å². The maximum Gasteiger partial charge on any atom is 0.00956 e. The minimum absolute atomic E-state index is 0.538. The second-order valence-electron chi connectivity index (χ2n) is 5.37. The highest BCUT2D eigenvalue weighted by atomic mass is 14.7. The van der Waals surface area contributed by atoms with Gasteiger partial charge in [0.25, 0.3) is 0 Å². The van der Waals surface area contributed by atoms with E-state index in [4.69, 9.17) is 5.73 Å². The van der Waals surface area contributed by atoms with Crippen molar-refractivity contribution in [2.45, 2.75) is 70.3 Å². The second kappa shape index (κ2) is 5.16. The first kappa shape index (κ1) is 10.5. The van der Waals surface area contributed by atoms with Crippen LogP contribution >= 0.6 is 0 Å². The summed E-state index contributed by atoms with van der Waals surface area (Å²) >= 11 is 0. The van der Waals surface area contributed by atoms with Crippen LogP contribution in [0.5, 0.6) is 0 Å². The highest BCUT2D eigenvalue weighted by Crippen LogP contribution is 2.34. The highest BCUT2D eigenvalue weighted by molar-refractivity contribution is 4.84. The van der Waals surface area contributed by atoms with Crippen LogP contribution in [0.4, 0.5) is 0 Å². The van der Waals surface area contributed by atoms with Gasteiger partial charge < -0.3 is 5.73 Å². The molecule has 1 heteroatoms. The van der Waals surface area contributed by atoms with Gasteiger partial charge in [-0.2, -0.15) is 0 Å². The Labute approximate surface area is 88.4 Å². The fourth-order valence-corrected chi connectivity index (χ4v) is 3.42. The molecule has 0 amide bonds. The lowest BCUT2D eigenvalue weighted by Crippen LogP contribution is -2.36. The van der Waals surface area contributed by atoms with Gasteiger partial charge in [-0.3, -0.25) is 0 Å². The third-order valence-corrected chi connectivity index (χ3v) is 4.39. The van der Waals surface area contributed by atoms with Gasteiger partial charge in [-0.25, -0.2) is 0 Å². The summed E-state index contributed by atoms with van der Waals surface area (Å²) in [6.45, 7) is 0. The topological polar surface area (TPSA) is 26.0 Å². The van der Waals surface area contributed by atoms with Crippen LogP contribution in [0.3, 0.4) is 0 Å². The molecule has 0 aromatic carbocycles. The predicted octanol–water partition coefficient (Wildman–Crippen LogP) is 3.47. The highest BCUT2D eigenvalue weighted by Gasteiger charge is 2.28. The average molecular weight is 195 g/mol. The first-order chi connectivity index (χ1) is 6.88. The zero-order valence-corrected chi connectivity index (χ0v) is 9.38. The Balaban J connectivity index is 1.84. The molecule has 2 fully saturated rings. The van der Waals surface area contributed by atoms with E-state index in [0.29, 0.717) is 6.04 Å². The third kappa shape index (κ3) is 2.50. The molecule has 0 saturated heterocycles. The van der Waals surface area contributed by atoms with E-state index < -0.39 is 0 Å². The quantitative estimate of drug-likeness (QED) is 0.671. The van der Waals surface area contributed by atoms with Crippen LogP contribution in [0.25, 0.3) is 0 Å². The Morgan fingerprint density at radius 3 is 1.43 bits per heavy atom. The second-order valence-corrected chi connectivity index (χ2v) is 5.37. The molecule has 0 spiro atoms. The molecule has 2 rings (SSSR count). The Bertz CT molecular complexity index is 153. The van der Waals surface area contributed by atoms with Gasteiger partial charge in [0.1, 0.15) is 0 Å². The van der Waals surface area contributed by atoms with E-state index >= 15 is 0 Å². The number of hydrogen-bond acceptors (Lipinski definition) is 1. The lowest BCUT2D eigenvalue weighted by molar-refractivity contribution is 0.285. The maximum absolute atomic E-state index is 6.42. The van der Waals surface area contributed by atoms with Crippen molar-refractivity contribution in [1.29, 1.82) is 0 Å². The van der Waals surface area contributed by atoms with Gasteiger partial charge in [-0.15, -0.1) is 0 Å². The summed E-state index contributed by atoms with van der Waals surface area (Å²) < 4.78 is 0. The minimum atomic E-state index is 0.538. The van der Waals surface area contributed by atoms with Crippen LogP contribution < -0.4 is 5.73 Å². The van der Waals surface area contributed by atoms with Crippen LogP contribution in [0.2, 0.25) is 0 Å². The normalized spacial score (nSPS) is 28.9. The van der Waals surface area contributed by atoms with Crippen LogP contribution in [0, 0.1) is 11.8 Å². The molecule has 0 radical (unpaired) electrons. The van der Waals surface area contributed by atoms with E-state index in [0.717, 1.165) is 11.8 Å². The predicted molar refractivity (Wildman–Crippen MR) is 61.1 cm³/mol. The monoisotopic (exact) mass is 195 g/mol. The third-order valence-electron chi connectivity index (χ3n) is 4.39. The summed E-state index contributed by atoms with van der Waals surface area (Å²) in [5, 5.41) is 0. The van der Waals surface area contributed by atoms with Gasteiger partial charge in [0, 0.05) is 6.04 Å². The number of hydrogen-bond donors (Lipinski definition) is 1. The molecule has 1 nitrogen and oxygen atoms in total. The Hall–Kier alpha value is -0.0400. The van der Waals surface area contributed by atoms with Crippen molar-refractivity contribution in [1.82, 2.24) is 0 Å². The van der Waals surface area contributed by atoms with Crippen LogP contribution in [-0.2, 0) is 0 Å². The van der Waals surface area contributed by atoms with E-state index in [1.165, 1.54) is 64.2 Å². The maximum atomic E-state index is 6.42. The van der Waals surface area contributed by atoms with E-state index in [-0.39, 0.29) is 0 Å². The van der Waals surface area contributed by atoms with Crippen LogP contribution in [0.1, 0.15) is 64.2 Å². The first-order valence-electron chi connectivity index (χ1n) is 6.63. The summed E-state index contributed by atoms with van der Waals surface area (Å²) in [7, 11) is 0. The van der Waals surface area contributed by atoms with E-state index in [1.54, 1.807) is 0 Å². The van der Waals surface area contributed by atoms with Crippen molar-refractivity contribution < 1.29 is 0 Å². The van der Waals surface area contributed by atoms with Crippen molar-refractivity contribution in [2.75, 3.05) is 0 Å². The smallest absolute Gasteiger partial charge is 0.00956 e. The molecule has 0 heterocycles. The number of rotatable bonds is 2. The molecular formula is C13H25N. The molecule has 82 valence electrons. The number of nitrogens with two attached hydrogens (primary N) is 1. The molecule has 0 aromatic heterocycles. The lowest BCUT2D eigenvalue weighted by Gasteiger charge is -2.27. The van der Waals surface area contributed by atoms with E-state index in [1.807, 2.05) is 0 Å². The zero-order valence-electron chi connectivity index (χ0n) is 9.38. The molecule has 2 aliphatic rings. The fourth-order valence-electron chi connectivity index (χ4n) is 3.42. The van der Waals surface area contributed by atoms with Gasteiger partial charge in [0.05, 0.1) is 0 Å². The Morgan fingerprint density at radius 1 is 0.643 bits per heavy atom. The minimum Gasteiger partial charge on any atom is -0.327 e. The average Bonchev–Trinajstić information content (AvgIpc) is 2.59. The van der Waals surface area contributed by atoms with Crippen molar-refractivity contribution >= 4 is 0 Å². The molecule has 1 unspecified atom stereocenters. The standard InChI is InChI=1S/C13H25N/c14-13(12-9-5-6-10-12)11-7-3-1-2-4-8-11/h11-13H,1-10,14H2. The zero-order chi connectivity index (χ0) is 9.80.